The summed E-state index contributed by atoms with van der Waals surface area (Å²) < 4.78 is 5.42. The molecular formula is C17H23N3O. The van der Waals surface area contributed by atoms with Crippen LogP contribution >= 0.6 is 0 Å². The van der Waals surface area contributed by atoms with E-state index in [1.165, 1.54) is 44.9 Å². The molecule has 3 rings (SSSR count). The van der Waals surface area contributed by atoms with Crippen LogP contribution in [0.3, 0.4) is 0 Å². The van der Waals surface area contributed by atoms with Crippen LogP contribution in [0.2, 0.25) is 0 Å². The van der Waals surface area contributed by atoms with Crippen LogP contribution in [0.1, 0.15) is 74.2 Å². The van der Waals surface area contributed by atoms with Gasteiger partial charge in [-0.25, -0.2) is 0 Å². The average Bonchev–Trinajstić information content (AvgIpc) is 2.97. The second-order valence-electron chi connectivity index (χ2n) is 5.92. The Kier molecular flexibility index (Phi) is 4.65. The van der Waals surface area contributed by atoms with Crippen molar-refractivity contribution in [2.24, 2.45) is 5.73 Å². The van der Waals surface area contributed by atoms with Gasteiger partial charge in [-0.2, -0.15) is 4.98 Å². The zero-order chi connectivity index (χ0) is 14.5. The third-order valence-electron chi connectivity index (χ3n) is 4.35. The molecule has 1 aromatic carbocycles. The molecule has 1 fully saturated rings. The molecule has 1 aromatic heterocycles. The first-order valence-electron chi connectivity index (χ1n) is 7.98. The summed E-state index contributed by atoms with van der Waals surface area (Å²) in [6, 6.07) is 9.57. The summed E-state index contributed by atoms with van der Waals surface area (Å²) >= 11 is 0. The van der Waals surface area contributed by atoms with Gasteiger partial charge in [0.25, 0.3) is 0 Å². The number of nitrogens with two attached hydrogens (primary N) is 1. The van der Waals surface area contributed by atoms with Crippen molar-refractivity contribution in [3.63, 3.8) is 0 Å². The first kappa shape index (κ1) is 14.3. The lowest BCUT2D eigenvalue weighted by molar-refractivity contribution is 0.353. The third kappa shape index (κ3) is 3.50. The van der Waals surface area contributed by atoms with Gasteiger partial charge < -0.3 is 10.3 Å². The molecule has 4 heteroatoms. The largest absolute Gasteiger partial charge is 0.337 e. The minimum atomic E-state index is -0.332. The molecule has 112 valence electrons. The lowest BCUT2D eigenvalue weighted by Gasteiger charge is -2.15. The smallest absolute Gasteiger partial charge is 0.248 e. The molecule has 1 atom stereocenters. The SMILES string of the molecule is NC(c1ccccc1)c1nc(C2CCCCCCC2)no1. The highest BCUT2D eigenvalue weighted by Crippen LogP contribution is 2.30. The van der Waals surface area contributed by atoms with Crippen molar-refractivity contribution in [2.45, 2.75) is 56.9 Å². The normalized spacial score (nSPS) is 18.9. The van der Waals surface area contributed by atoms with E-state index in [0.29, 0.717) is 11.8 Å². The van der Waals surface area contributed by atoms with E-state index in [-0.39, 0.29) is 6.04 Å². The quantitative estimate of drug-likeness (QED) is 0.927. The highest BCUT2D eigenvalue weighted by molar-refractivity contribution is 5.23. The number of benzene rings is 1. The van der Waals surface area contributed by atoms with E-state index in [9.17, 15) is 0 Å². The molecule has 0 radical (unpaired) electrons. The molecule has 0 bridgehead atoms. The van der Waals surface area contributed by atoms with Gasteiger partial charge in [0.1, 0.15) is 6.04 Å². The van der Waals surface area contributed by atoms with Crippen LogP contribution < -0.4 is 5.73 Å². The van der Waals surface area contributed by atoms with Gasteiger partial charge in [0, 0.05) is 5.92 Å². The zero-order valence-electron chi connectivity index (χ0n) is 12.4. The standard InChI is InChI=1S/C17H23N3O/c18-15(13-9-7-4-8-10-13)17-19-16(20-21-17)14-11-5-2-1-3-6-12-14/h4,7-10,14-15H,1-3,5-6,11-12,18H2. The molecule has 0 aliphatic heterocycles. The van der Waals surface area contributed by atoms with Gasteiger partial charge in [0.15, 0.2) is 5.82 Å². The number of rotatable bonds is 3. The van der Waals surface area contributed by atoms with E-state index in [4.69, 9.17) is 10.3 Å². The fraction of sp³-hybridized carbons (Fsp3) is 0.529. The van der Waals surface area contributed by atoms with Crippen LogP contribution in [0, 0.1) is 0 Å². The minimum Gasteiger partial charge on any atom is -0.337 e. The molecule has 2 N–H and O–H groups in total. The van der Waals surface area contributed by atoms with Crippen LogP contribution in [-0.4, -0.2) is 10.1 Å². The average molecular weight is 285 g/mol. The summed E-state index contributed by atoms with van der Waals surface area (Å²) in [4.78, 5) is 4.58. The fourth-order valence-corrected chi connectivity index (χ4v) is 3.06. The zero-order valence-corrected chi connectivity index (χ0v) is 12.4. The highest BCUT2D eigenvalue weighted by Gasteiger charge is 2.22. The first-order valence-corrected chi connectivity index (χ1v) is 7.98. The molecule has 2 aromatic rings. The van der Waals surface area contributed by atoms with Crippen molar-refractivity contribution < 1.29 is 4.52 Å². The molecular weight excluding hydrogens is 262 g/mol. The Hall–Kier alpha value is -1.68. The van der Waals surface area contributed by atoms with E-state index in [0.717, 1.165) is 11.4 Å². The molecule has 0 amide bonds. The van der Waals surface area contributed by atoms with Crippen molar-refractivity contribution >= 4 is 0 Å². The maximum atomic E-state index is 6.22. The second-order valence-corrected chi connectivity index (χ2v) is 5.92. The van der Waals surface area contributed by atoms with E-state index >= 15 is 0 Å². The van der Waals surface area contributed by atoms with Gasteiger partial charge in [-0.3, -0.25) is 0 Å². The molecule has 0 saturated heterocycles. The van der Waals surface area contributed by atoms with Gasteiger partial charge in [-0.1, -0.05) is 67.6 Å². The molecule has 1 heterocycles. The van der Waals surface area contributed by atoms with Crippen LogP contribution in [0.25, 0.3) is 0 Å². The number of aromatic nitrogens is 2. The van der Waals surface area contributed by atoms with Crippen molar-refractivity contribution in [2.75, 3.05) is 0 Å². The lowest BCUT2D eigenvalue weighted by Crippen LogP contribution is -2.12. The van der Waals surface area contributed by atoms with E-state index in [1.807, 2.05) is 30.3 Å². The van der Waals surface area contributed by atoms with Crippen molar-refractivity contribution in [3.8, 4) is 0 Å². The molecule has 0 spiro atoms. The van der Waals surface area contributed by atoms with Crippen molar-refractivity contribution in [1.82, 2.24) is 10.1 Å². The van der Waals surface area contributed by atoms with Gasteiger partial charge in [0.2, 0.25) is 5.89 Å². The van der Waals surface area contributed by atoms with E-state index < -0.39 is 0 Å². The maximum absolute atomic E-state index is 6.22. The summed E-state index contributed by atoms with van der Waals surface area (Å²) in [5, 5.41) is 4.19. The van der Waals surface area contributed by atoms with Gasteiger partial charge in [-0.05, 0) is 18.4 Å². The lowest BCUT2D eigenvalue weighted by atomic mass is 9.91. The summed E-state index contributed by atoms with van der Waals surface area (Å²) in [6.45, 7) is 0. The number of hydrogen-bond acceptors (Lipinski definition) is 4. The van der Waals surface area contributed by atoms with E-state index in [1.54, 1.807) is 0 Å². The van der Waals surface area contributed by atoms with Crippen LogP contribution in [-0.2, 0) is 0 Å². The second kappa shape index (κ2) is 6.85. The van der Waals surface area contributed by atoms with Crippen LogP contribution in [0.4, 0.5) is 0 Å². The molecule has 1 saturated carbocycles. The maximum Gasteiger partial charge on any atom is 0.248 e. The predicted molar refractivity (Wildman–Crippen MR) is 81.8 cm³/mol. The van der Waals surface area contributed by atoms with Gasteiger partial charge in [0.05, 0.1) is 0 Å². The Labute approximate surface area is 125 Å². The van der Waals surface area contributed by atoms with Crippen molar-refractivity contribution in [1.29, 1.82) is 0 Å². The Balaban J connectivity index is 1.73. The van der Waals surface area contributed by atoms with Gasteiger partial charge >= 0.3 is 0 Å². The summed E-state index contributed by atoms with van der Waals surface area (Å²) in [7, 11) is 0. The predicted octanol–water partition coefficient (Wildman–Crippen LogP) is 3.95. The van der Waals surface area contributed by atoms with Crippen LogP contribution in [0.5, 0.6) is 0 Å². The monoisotopic (exact) mass is 285 g/mol. The Bertz CT molecular complexity index is 544. The number of nitrogens with zero attached hydrogens (tertiary/aromatic N) is 2. The molecule has 1 unspecified atom stereocenters. The van der Waals surface area contributed by atoms with Gasteiger partial charge in [-0.15, -0.1) is 0 Å². The van der Waals surface area contributed by atoms with Crippen LogP contribution in [0.15, 0.2) is 34.9 Å². The summed E-state index contributed by atoms with van der Waals surface area (Å²) in [5.74, 6) is 1.81. The summed E-state index contributed by atoms with van der Waals surface area (Å²) in [5.41, 5.74) is 7.22. The van der Waals surface area contributed by atoms with Crippen molar-refractivity contribution in [3.05, 3.63) is 47.6 Å². The Morgan fingerprint density at radius 2 is 1.67 bits per heavy atom. The molecule has 4 nitrogen and oxygen atoms in total. The molecule has 1 aliphatic carbocycles. The number of hydrogen-bond donors (Lipinski definition) is 1. The topological polar surface area (TPSA) is 64.9 Å². The summed E-state index contributed by atoms with van der Waals surface area (Å²) in [6.07, 6.45) is 8.87. The highest BCUT2D eigenvalue weighted by atomic mass is 16.5. The minimum absolute atomic E-state index is 0.332. The Morgan fingerprint density at radius 3 is 2.38 bits per heavy atom. The molecule has 21 heavy (non-hydrogen) atoms. The Morgan fingerprint density at radius 1 is 1.00 bits per heavy atom. The third-order valence-corrected chi connectivity index (χ3v) is 4.35. The first-order chi connectivity index (χ1) is 10.3. The molecule has 1 aliphatic rings. The van der Waals surface area contributed by atoms with E-state index in [2.05, 4.69) is 10.1 Å². The fourth-order valence-electron chi connectivity index (χ4n) is 3.06.